The topological polar surface area (TPSA) is 18.5 Å². The molecule has 2 aliphatic rings. The van der Waals surface area contributed by atoms with E-state index in [1.807, 2.05) is 0 Å². The summed E-state index contributed by atoms with van der Waals surface area (Å²) in [5, 5.41) is 0. The molecular weight excluding hydrogens is 296 g/mol. The summed E-state index contributed by atoms with van der Waals surface area (Å²) in [6, 6.07) is 4.53. The monoisotopic (exact) mass is 328 g/mol. The summed E-state index contributed by atoms with van der Waals surface area (Å²) < 4.78 is 12.3. The van der Waals surface area contributed by atoms with E-state index in [1.165, 1.54) is 36.0 Å². The first-order valence-corrected chi connectivity index (χ1v) is 9.51. The summed E-state index contributed by atoms with van der Waals surface area (Å²) in [4.78, 5) is 0. The van der Waals surface area contributed by atoms with Crippen LogP contribution in [0.3, 0.4) is 0 Å². The molecule has 0 bridgehead atoms. The lowest BCUT2D eigenvalue weighted by Crippen LogP contribution is -2.45. The molecule has 0 amide bonds. The average Bonchev–Trinajstić information content (AvgIpc) is 2.53. The number of fused-ring (bicyclic) bond motifs is 3. The van der Waals surface area contributed by atoms with Crippen LogP contribution < -0.4 is 9.47 Å². The van der Waals surface area contributed by atoms with Crippen LogP contribution in [0, 0.1) is 5.92 Å². The minimum absolute atomic E-state index is 0.123. The molecule has 2 heteroatoms. The fourth-order valence-electron chi connectivity index (χ4n) is 4.49. The molecule has 0 saturated carbocycles. The van der Waals surface area contributed by atoms with Crippen molar-refractivity contribution in [2.45, 2.75) is 77.7 Å². The molecule has 0 aromatic heterocycles. The van der Waals surface area contributed by atoms with Gasteiger partial charge in [0.2, 0.25) is 0 Å². The normalized spacial score (nSPS) is 24.5. The lowest BCUT2D eigenvalue weighted by Gasteiger charge is -2.47. The van der Waals surface area contributed by atoms with Crippen LogP contribution in [0.4, 0.5) is 0 Å². The van der Waals surface area contributed by atoms with Crippen LogP contribution in [0.5, 0.6) is 11.5 Å². The standard InChI is InChI=1S/C22H32O2/c1-6-7-8-9-16-13-19(23-5)21-17-12-15(2)10-11-18(17)22(3,4)24-20(21)14-16/h10,13-14,17-18H,6-9,11-12H2,1-5H3/t17-,18-/m1/s1. The van der Waals surface area contributed by atoms with Gasteiger partial charge in [-0.25, -0.2) is 0 Å². The van der Waals surface area contributed by atoms with Gasteiger partial charge in [0.05, 0.1) is 7.11 Å². The molecule has 1 aliphatic heterocycles. The van der Waals surface area contributed by atoms with Crippen LogP contribution >= 0.6 is 0 Å². The highest BCUT2D eigenvalue weighted by Gasteiger charge is 2.45. The third-order valence-corrected chi connectivity index (χ3v) is 5.84. The molecule has 0 radical (unpaired) electrons. The van der Waals surface area contributed by atoms with Gasteiger partial charge in [-0.2, -0.15) is 0 Å². The number of benzene rings is 1. The first-order chi connectivity index (χ1) is 11.5. The highest BCUT2D eigenvalue weighted by Crippen LogP contribution is 2.54. The molecule has 0 saturated heterocycles. The predicted molar refractivity (Wildman–Crippen MR) is 100 cm³/mol. The summed E-state index contributed by atoms with van der Waals surface area (Å²) in [5.41, 5.74) is 4.01. The van der Waals surface area contributed by atoms with Gasteiger partial charge < -0.3 is 9.47 Å². The maximum Gasteiger partial charge on any atom is 0.127 e. The Kier molecular flexibility index (Phi) is 4.94. The van der Waals surface area contributed by atoms with Crippen LogP contribution in [0.1, 0.15) is 76.8 Å². The Morgan fingerprint density at radius 2 is 2.04 bits per heavy atom. The van der Waals surface area contributed by atoms with Crippen molar-refractivity contribution in [2.24, 2.45) is 5.92 Å². The zero-order valence-corrected chi connectivity index (χ0v) is 15.9. The Morgan fingerprint density at radius 1 is 1.25 bits per heavy atom. The molecule has 0 spiro atoms. The van der Waals surface area contributed by atoms with Gasteiger partial charge in [0, 0.05) is 17.4 Å². The smallest absolute Gasteiger partial charge is 0.127 e. The van der Waals surface area contributed by atoms with Crippen molar-refractivity contribution in [2.75, 3.05) is 7.11 Å². The summed E-state index contributed by atoms with van der Waals surface area (Å²) in [7, 11) is 1.80. The minimum Gasteiger partial charge on any atom is -0.496 e. The van der Waals surface area contributed by atoms with E-state index in [1.54, 1.807) is 7.11 Å². The molecule has 0 fully saturated rings. The van der Waals surface area contributed by atoms with Gasteiger partial charge in [0.15, 0.2) is 0 Å². The Bertz CT molecular complexity index is 627. The van der Waals surface area contributed by atoms with Crippen molar-refractivity contribution in [3.8, 4) is 11.5 Å². The lowest BCUT2D eigenvalue weighted by molar-refractivity contribution is 0.00749. The van der Waals surface area contributed by atoms with E-state index in [4.69, 9.17) is 9.47 Å². The van der Waals surface area contributed by atoms with Gasteiger partial charge in [-0.15, -0.1) is 0 Å². The highest BCUT2D eigenvalue weighted by molar-refractivity contribution is 5.53. The largest absolute Gasteiger partial charge is 0.496 e. The van der Waals surface area contributed by atoms with Crippen molar-refractivity contribution in [1.29, 1.82) is 0 Å². The van der Waals surface area contributed by atoms with Crippen LogP contribution in [-0.4, -0.2) is 12.7 Å². The van der Waals surface area contributed by atoms with E-state index in [-0.39, 0.29) is 5.60 Å². The van der Waals surface area contributed by atoms with Gasteiger partial charge >= 0.3 is 0 Å². The number of ether oxygens (including phenoxy) is 2. The molecule has 1 aromatic carbocycles. The first kappa shape index (κ1) is 17.4. The molecule has 0 N–H and O–H groups in total. The molecular formula is C22H32O2. The minimum atomic E-state index is -0.123. The molecule has 132 valence electrons. The third kappa shape index (κ3) is 3.20. The second-order valence-electron chi connectivity index (χ2n) is 8.08. The Morgan fingerprint density at radius 3 is 2.75 bits per heavy atom. The van der Waals surface area contributed by atoms with Crippen molar-refractivity contribution in [1.82, 2.24) is 0 Å². The van der Waals surface area contributed by atoms with Crippen molar-refractivity contribution >= 4 is 0 Å². The molecule has 0 unspecified atom stereocenters. The summed E-state index contributed by atoms with van der Waals surface area (Å²) in [6.45, 7) is 9.00. The Labute approximate surface area is 147 Å². The quantitative estimate of drug-likeness (QED) is 0.484. The number of rotatable bonds is 5. The van der Waals surface area contributed by atoms with Gasteiger partial charge in [-0.1, -0.05) is 31.4 Å². The van der Waals surface area contributed by atoms with E-state index in [9.17, 15) is 0 Å². The van der Waals surface area contributed by atoms with Crippen LogP contribution in [0.15, 0.2) is 23.8 Å². The van der Waals surface area contributed by atoms with Gasteiger partial charge in [0.25, 0.3) is 0 Å². The first-order valence-electron chi connectivity index (χ1n) is 9.51. The molecule has 1 heterocycles. The number of unbranched alkanes of at least 4 members (excludes halogenated alkanes) is 2. The fourth-order valence-corrected chi connectivity index (χ4v) is 4.49. The van der Waals surface area contributed by atoms with Crippen LogP contribution in [-0.2, 0) is 6.42 Å². The van der Waals surface area contributed by atoms with E-state index < -0.39 is 0 Å². The fraction of sp³-hybridized carbons (Fsp3) is 0.636. The zero-order valence-electron chi connectivity index (χ0n) is 15.9. The van der Waals surface area contributed by atoms with E-state index in [0.29, 0.717) is 11.8 Å². The molecule has 2 atom stereocenters. The molecule has 1 aromatic rings. The second kappa shape index (κ2) is 6.82. The maximum absolute atomic E-state index is 6.50. The molecule has 24 heavy (non-hydrogen) atoms. The van der Waals surface area contributed by atoms with Gasteiger partial charge in [-0.05, 0) is 64.2 Å². The van der Waals surface area contributed by atoms with Gasteiger partial charge in [-0.3, -0.25) is 0 Å². The zero-order chi connectivity index (χ0) is 17.3. The van der Waals surface area contributed by atoms with Crippen molar-refractivity contribution in [3.63, 3.8) is 0 Å². The summed E-state index contributed by atoms with van der Waals surface area (Å²) in [5.74, 6) is 3.11. The predicted octanol–water partition coefficient (Wildman–Crippen LogP) is 6.04. The number of aryl methyl sites for hydroxylation is 1. The van der Waals surface area contributed by atoms with Crippen LogP contribution in [0.25, 0.3) is 0 Å². The van der Waals surface area contributed by atoms with E-state index in [2.05, 4.69) is 45.9 Å². The molecule has 3 rings (SSSR count). The van der Waals surface area contributed by atoms with Gasteiger partial charge in [0.1, 0.15) is 17.1 Å². The van der Waals surface area contributed by atoms with Crippen molar-refractivity contribution < 1.29 is 9.47 Å². The number of methoxy groups -OCH3 is 1. The molecule has 1 aliphatic carbocycles. The number of hydrogen-bond acceptors (Lipinski definition) is 2. The highest BCUT2D eigenvalue weighted by atomic mass is 16.5. The van der Waals surface area contributed by atoms with E-state index in [0.717, 1.165) is 30.8 Å². The number of hydrogen-bond donors (Lipinski definition) is 0. The summed E-state index contributed by atoms with van der Waals surface area (Å²) in [6.07, 6.45) is 9.48. The maximum atomic E-state index is 6.50. The van der Waals surface area contributed by atoms with Crippen molar-refractivity contribution in [3.05, 3.63) is 34.9 Å². The average molecular weight is 328 g/mol. The third-order valence-electron chi connectivity index (χ3n) is 5.84. The van der Waals surface area contributed by atoms with E-state index >= 15 is 0 Å². The Hall–Kier alpha value is -1.44. The second-order valence-corrected chi connectivity index (χ2v) is 8.08. The van der Waals surface area contributed by atoms with Crippen LogP contribution in [0.2, 0.25) is 0 Å². The molecule has 2 nitrogen and oxygen atoms in total. The Balaban J connectivity index is 2.01. The summed E-state index contributed by atoms with van der Waals surface area (Å²) >= 11 is 0. The SMILES string of the molecule is CCCCCc1cc(OC)c2c(c1)OC(C)(C)[C@@H]1CC=C(C)C[C@@H]21. The lowest BCUT2D eigenvalue weighted by atomic mass is 9.67. The number of allylic oxidation sites excluding steroid dienone is 2.